The summed E-state index contributed by atoms with van der Waals surface area (Å²) in [6.45, 7) is -0.385. The van der Waals surface area contributed by atoms with Crippen molar-refractivity contribution in [3.8, 4) is 0 Å². The van der Waals surface area contributed by atoms with Gasteiger partial charge in [-0.15, -0.1) is 0 Å². The lowest BCUT2D eigenvalue weighted by Gasteiger charge is -2.21. The maximum atomic E-state index is 13.2. The number of sulfonamides is 1. The van der Waals surface area contributed by atoms with Crippen LogP contribution in [0.1, 0.15) is 11.1 Å². The Kier molecular flexibility index (Phi) is 7.81. The lowest BCUT2D eigenvalue weighted by molar-refractivity contribution is -0.121. The van der Waals surface area contributed by atoms with Crippen LogP contribution < -0.4 is 5.43 Å². The third kappa shape index (κ3) is 6.63. The Morgan fingerprint density at radius 3 is 2.32 bits per heavy atom. The summed E-state index contributed by atoms with van der Waals surface area (Å²) in [7, 11) is -3.95. The first kappa shape index (κ1) is 23.0. The Bertz CT molecular complexity index is 1170. The Hall–Kier alpha value is -2.71. The number of hydrazone groups is 1. The molecule has 3 aromatic carbocycles. The number of nitrogens with zero attached hydrogens (tertiary/aromatic N) is 2. The predicted molar refractivity (Wildman–Crippen MR) is 123 cm³/mol. The van der Waals surface area contributed by atoms with Crippen LogP contribution in [0.25, 0.3) is 0 Å². The van der Waals surface area contributed by atoms with Crippen LogP contribution >= 0.6 is 23.2 Å². The summed E-state index contributed by atoms with van der Waals surface area (Å²) >= 11 is 11.8. The summed E-state index contributed by atoms with van der Waals surface area (Å²) in [6, 6.07) is 21.8. The maximum absolute atomic E-state index is 13.2. The fraction of sp³-hybridized carbons (Fsp3) is 0.0909. The Labute approximate surface area is 191 Å². The topological polar surface area (TPSA) is 78.8 Å². The molecule has 1 amide bonds. The molecule has 3 aromatic rings. The number of carbonyl (C=O) groups is 1. The van der Waals surface area contributed by atoms with Crippen LogP contribution in [-0.4, -0.2) is 31.4 Å². The van der Waals surface area contributed by atoms with E-state index in [1.165, 1.54) is 30.5 Å². The van der Waals surface area contributed by atoms with Crippen LogP contribution in [0.2, 0.25) is 10.0 Å². The quantitative estimate of drug-likeness (QED) is 0.388. The molecule has 3 rings (SSSR count). The highest BCUT2D eigenvalue weighted by atomic mass is 35.5. The number of amides is 1. The van der Waals surface area contributed by atoms with E-state index in [0.717, 1.165) is 9.87 Å². The first-order valence-corrected chi connectivity index (χ1v) is 11.4. The van der Waals surface area contributed by atoms with E-state index in [1.54, 1.807) is 48.5 Å². The SMILES string of the molecule is O=C(CN(Cc1ccccc1)S(=O)(=O)c1ccc(Cl)cc1)N/N=C\c1cccc(Cl)c1. The van der Waals surface area contributed by atoms with Crippen LogP contribution in [0.5, 0.6) is 0 Å². The summed E-state index contributed by atoms with van der Waals surface area (Å²) in [5.74, 6) is -0.577. The Morgan fingerprint density at radius 2 is 1.65 bits per heavy atom. The monoisotopic (exact) mass is 475 g/mol. The number of hydrogen-bond donors (Lipinski definition) is 1. The molecule has 0 unspecified atom stereocenters. The summed E-state index contributed by atoms with van der Waals surface area (Å²) in [4.78, 5) is 12.5. The van der Waals surface area contributed by atoms with E-state index in [-0.39, 0.29) is 11.4 Å². The van der Waals surface area contributed by atoms with Gasteiger partial charge in [-0.3, -0.25) is 4.79 Å². The average molecular weight is 476 g/mol. The molecular formula is C22H19Cl2N3O3S. The smallest absolute Gasteiger partial charge is 0.255 e. The summed E-state index contributed by atoms with van der Waals surface area (Å²) in [6.07, 6.45) is 1.43. The van der Waals surface area contributed by atoms with Gasteiger partial charge in [0.15, 0.2) is 0 Å². The van der Waals surface area contributed by atoms with Gasteiger partial charge < -0.3 is 0 Å². The van der Waals surface area contributed by atoms with Crippen molar-refractivity contribution >= 4 is 45.3 Å². The molecule has 6 nitrogen and oxygen atoms in total. The minimum absolute atomic E-state index is 0.0250. The van der Waals surface area contributed by atoms with E-state index in [9.17, 15) is 13.2 Å². The van der Waals surface area contributed by atoms with Crippen molar-refractivity contribution in [3.05, 3.63) is 100 Å². The van der Waals surface area contributed by atoms with Gasteiger partial charge in [-0.2, -0.15) is 9.41 Å². The van der Waals surface area contributed by atoms with Gasteiger partial charge in [-0.05, 0) is 47.5 Å². The van der Waals surface area contributed by atoms with Crippen molar-refractivity contribution in [2.45, 2.75) is 11.4 Å². The van der Waals surface area contributed by atoms with Crippen LogP contribution in [-0.2, 0) is 21.4 Å². The largest absolute Gasteiger partial charge is 0.272 e. The second-order valence-electron chi connectivity index (χ2n) is 6.56. The third-order valence-electron chi connectivity index (χ3n) is 4.22. The summed E-state index contributed by atoms with van der Waals surface area (Å²) in [5, 5.41) is 4.85. The molecular weight excluding hydrogens is 457 g/mol. The van der Waals surface area contributed by atoms with Crippen molar-refractivity contribution in [1.29, 1.82) is 0 Å². The Morgan fingerprint density at radius 1 is 0.935 bits per heavy atom. The van der Waals surface area contributed by atoms with Crippen LogP contribution in [0.15, 0.2) is 88.9 Å². The highest BCUT2D eigenvalue weighted by Crippen LogP contribution is 2.20. The summed E-state index contributed by atoms with van der Waals surface area (Å²) < 4.78 is 27.4. The lowest BCUT2D eigenvalue weighted by Crippen LogP contribution is -2.39. The standard InChI is InChI=1S/C22H19Cl2N3O3S/c23-19-9-11-21(12-10-19)31(29,30)27(15-17-5-2-1-3-6-17)16-22(28)26-25-14-18-7-4-8-20(24)13-18/h1-14H,15-16H2,(H,26,28)/b25-14-. The minimum atomic E-state index is -3.95. The fourth-order valence-corrected chi connectivity index (χ4v) is 4.44. The van der Waals surface area contributed by atoms with Gasteiger partial charge >= 0.3 is 0 Å². The van der Waals surface area contributed by atoms with E-state index >= 15 is 0 Å². The second-order valence-corrected chi connectivity index (χ2v) is 9.37. The maximum Gasteiger partial charge on any atom is 0.255 e. The number of hydrogen-bond acceptors (Lipinski definition) is 4. The van der Waals surface area contributed by atoms with Crippen LogP contribution in [0.4, 0.5) is 0 Å². The molecule has 0 aliphatic rings. The van der Waals surface area contributed by atoms with Crippen LogP contribution in [0.3, 0.4) is 0 Å². The first-order chi connectivity index (χ1) is 14.8. The molecule has 0 bridgehead atoms. The van der Waals surface area contributed by atoms with E-state index < -0.39 is 22.5 Å². The van der Waals surface area contributed by atoms with Crippen molar-refractivity contribution in [1.82, 2.24) is 9.73 Å². The van der Waals surface area contributed by atoms with Gasteiger partial charge in [-0.1, -0.05) is 65.7 Å². The molecule has 0 atom stereocenters. The molecule has 0 aromatic heterocycles. The number of carbonyl (C=O) groups excluding carboxylic acids is 1. The van der Waals surface area contributed by atoms with Gasteiger partial charge in [0.2, 0.25) is 10.0 Å². The number of halogens is 2. The van der Waals surface area contributed by atoms with Crippen molar-refractivity contribution < 1.29 is 13.2 Å². The normalized spacial score (nSPS) is 11.7. The van der Waals surface area contributed by atoms with E-state index in [1.807, 2.05) is 6.07 Å². The minimum Gasteiger partial charge on any atom is -0.272 e. The molecule has 0 saturated carbocycles. The molecule has 0 saturated heterocycles. The van der Waals surface area contributed by atoms with Gasteiger partial charge in [0.05, 0.1) is 17.7 Å². The molecule has 0 aliphatic carbocycles. The Balaban J connectivity index is 1.77. The zero-order valence-corrected chi connectivity index (χ0v) is 18.6. The van der Waals surface area contributed by atoms with Crippen LogP contribution in [0, 0.1) is 0 Å². The molecule has 160 valence electrons. The van der Waals surface area contributed by atoms with Crippen molar-refractivity contribution in [2.75, 3.05) is 6.54 Å². The molecule has 9 heteroatoms. The van der Waals surface area contributed by atoms with E-state index in [0.29, 0.717) is 15.6 Å². The molecule has 0 heterocycles. The average Bonchev–Trinajstić information content (AvgIpc) is 2.74. The molecule has 1 N–H and O–H groups in total. The number of benzene rings is 3. The predicted octanol–water partition coefficient (Wildman–Crippen LogP) is 4.33. The zero-order chi connectivity index (χ0) is 22.3. The number of nitrogens with one attached hydrogen (secondary N) is 1. The molecule has 0 radical (unpaired) electrons. The third-order valence-corrected chi connectivity index (χ3v) is 6.52. The van der Waals surface area contributed by atoms with Gasteiger partial charge in [0.25, 0.3) is 5.91 Å². The zero-order valence-electron chi connectivity index (χ0n) is 16.3. The van der Waals surface area contributed by atoms with E-state index in [2.05, 4.69) is 10.5 Å². The molecule has 0 aliphatic heterocycles. The highest BCUT2D eigenvalue weighted by molar-refractivity contribution is 7.89. The second kappa shape index (κ2) is 10.5. The van der Waals surface area contributed by atoms with Gasteiger partial charge in [0.1, 0.15) is 0 Å². The van der Waals surface area contributed by atoms with Gasteiger partial charge in [0, 0.05) is 16.6 Å². The fourth-order valence-electron chi connectivity index (χ4n) is 2.73. The lowest BCUT2D eigenvalue weighted by atomic mass is 10.2. The van der Waals surface area contributed by atoms with E-state index in [4.69, 9.17) is 23.2 Å². The van der Waals surface area contributed by atoms with Gasteiger partial charge in [-0.25, -0.2) is 13.8 Å². The number of rotatable bonds is 8. The van der Waals surface area contributed by atoms with Crippen molar-refractivity contribution in [3.63, 3.8) is 0 Å². The molecule has 31 heavy (non-hydrogen) atoms. The first-order valence-electron chi connectivity index (χ1n) is 9.22. The summed E-state index contributed by atoms with van der Waals surface area (Å²) in [5.41, 5.74) is 3.80. The highest BCUT2D eigenvalue weighted by Gasteiger charge is 2.26. The molecule has 0 spiro atoms. The van der Waals surface area contributed by atoms with Crippen molar-refractivity contribution in [2.24, 2.45) is 5.10 Å². The molecule has 0 fully saturated rings.